The molecule has 0 saturated carbocycles. The van der Waals surface area contributed by atoms with Crippen molar-refractivity contribution in [3.05, 3.63) is 64.1 Å². The van der Waals surface area contributed by atoms with Crippen LogP contribution in [0.1, 0.15) is 27.7 Å². The minimum absolute atomic E-state index is 0.0968. The number of para-hydroxylation sites is 1. The maximum Gasteiger partial charge on any atom is 0.261 e. The lowest BCUT2D eigenvalue weighted by molar-refractivity contribution is 0.102. The largest absolute Gasteiger partial charge is 0.367 e. The van der Waals surface area contributed by atoms with E-state index in [1.165, 1.54) is 18.5 Å². The Bertz CT molecular complexity index is 650. The number of H-pyrrole nitrogens is 1. The van der Waals surface area contributed by atoms with Crippen molar-refractivity contribution >= 4 is 27.5 Å². The van der Waals surface area contributed by atoms with Gasteiger partial charge in [0.25, 0.3) is 5.91 Å². The first kappa shape index (κ1) is 13.5. The Balaban J connectivity index is 2.30. The summed E-state index contributed by atoms with van der Waals surface area (Å²) in [4.78, 5) is 26.5. The van der Waals surface area contributed by atoms with Crippen molar-refractivity contribution in [2.24, 2.45) is 0 Å². The first-order valence-electron chi connectivity index (χ1n) is 5.81. The van der Waals surface area contributed by atoms with E-state index in [2.05, 4.69) is 26.2 Å². The zero-order valence-electron chi connectivity index (χ0n) is 10.3. The number of anilines is 1. The third-order valence-corrected chi connectivity index (χ3v) is 3.20. The number of hydrogen-bond donors (Lipinski definition) is 2. The number of aromatic amines is 1. The van der Waals surface area contributed by atoms with E-state index in [-0.39, 0.29) is 15.8 Å². The Morgan fingerprint density at radius 3 is 2.74 bits per heavy atom. The van der Waals surface area contributed by atoms with Gasteiger partial charge in [-0.05, 0) is 18.6 Å². The molecule has 1 heterocycles. The van der Waals surface area contributed by atoms with Crippen molar-refractivity contribution < 1.29 is 4.79 Å². The van der Waals surface area contributed by atoms with Gasteiger partial charge in [-0.25, -0.2) is 0 Å². The van der Waals surface area contributed by atoms with Crippen LogP contribution in [0.15, 0.2) is 47.5 Å². The lowest BCUT2D eigenvalue weighted by atomic mass is 10.1. The second-order valence-electron chi connectivity index (χ2n) is 4.08. The van der Waals surface area contributed by atoms with E-state index in [0.717, 1.165) is 5.56 Å². The molecule has 1 atom stereocenters. The number of benzene rings is 1. The monoisotopic (exact) mass is 320 g/mol. The number of halogens is 1. The summed E-state index contributed by atoms with van der Waals surface area (Å²) in [6, 6.07) is 8.79. The standard InChI is InChI=1S/C14H13BrN2O2/c1-9(15)10-4-2-3-5-12(10)17-14(19)11-8-16-7-6-13(11)18/h2-9H,1H3,(H,16,18)(H,17,19). The van der Waals surface area contributed by atoms with E-state index >= 15 is 0 Å². The van der Waals surface area contributed by atoms with E-state index in [1.807, 2.05) is 31.2 Å². The molecular weight excluding hydrogens is 308 g/mol. The minimum Gasteiger partial charge on any atom is -0.367 e. The zero-order chi connectivity index (χ0) is 13.8. The van der Waals surface area contributed by atoms with Gasteiger partial charge in [-0.2, -0.15) is 0 Å². The lowest BCUT2D eigenvalue weighted by Gasteiger charge is -2.12. The topological polar surface area (TPSA) is 62.0 Å². The maximum atomic E-state index is 12.1. The molecule has 0 radical (unpaired) electrons. The third-order valence-electron chi connectivity index (χ3n) is 2.71. The highest BCUT2D eigenvalue weighted by Gasteiger charge is 2.13. The number of amides is 1. The van der Waals surface area contributed by atoms with Crippen LogP contribution in [0.3, 0.4) is 0 Å². The molecule has 0 aliphatic carbocycles. The van der Waals surface area contributed by atoms with Crippen molar-refractivity contribution in [1.29, 1.82) is 0 Å². The molecule has 19 heavy (non-hydrogen) atoms. The Morgan fingerprint density at radius 1 is 1.32 bits per heavy atom. The van der Waals surface area contributed by atoms with Crippen molar-refractivity contribution in [3.63, 3.8) is 0 Å². The van der Waals surface area contributed by atoms with E-state index in [0.29, 0.717) is 5.69 Å². The summed E-state index contributed by atoms with van der Waals surface area (Å²) >= 11 is 3.47. The van der Waals surface area contributed by atoms with Gasteiger partial charge in [0.05, 0.1) is 0 Å². The normalized spacial score (nSPS) is 11.9. The molecule has 2 aromatic rings. The fraction of sp³-hybridized carbons (Fsp3) is 0.143. The van der Waals surface area contributed by atoms with Gasteiger partial charge in [0.1, 0.15) is 5.56 Å². The molecule has 0 saturated heterocycles. The van der Waals surface area contributed by atoms with Gasteiger partial charge >= 0.3 is 0 Å². The smallest absolute Gasteiger partial charge is 0.261 e. The number of aromatic nitrogens is 1. The molecule has 0 aliphatic rings. The number of alkyl halides is 1. The zero-order valence-corrected chi connectivity index (χ0v) is 11.9. The number of nitrogens with one attached hydrogen (secondary N) is 2. The quantitative estimate of drug-likeness (QED) is 0.854. The van der Waals surface area contributed by atoms with Crippen molar-refractivity contribution in [2.75, 3.05) is 5.32 Å². The van der Waals surface area contributed by atoms with Gasteiger partial charge in [-0.15, -0.1) is 0 Å². The average molecular weight is 321 g/mol. The van der Waals surface area contributed by atoms with Crippen LogP contribution in [-0.4, -0.2) is 10.9 Å². The Kier molecular flexibility index (Phi) is 4.16. The summed E-state index contributed by atoms with van der Waals surface area (Å²) in [5, 5.41) is 2.76. The molecule has 2 N–H and O–H groups in total. The van der Waals surface area contributed by atoms with Crippen LogP contribution in [0.2, 0.25) is 0 Å². The highest BCUT2D eigenvalue weighted by molar-refractivity contribution is 9.09. The van der Waals surface area contributed by atoms with Gasteiger partial charge in [-0.3, -0.25) is 9.59 Å². The van der Waals surface area contributed by atoms with E-state index in [4.69, 9.17) is 0 Å². The summed E-state index contributed by atoms with van der Waals surface area (Å²) in [7, 11) is 0. The molecule has 1 aromatic heterocycles. The molecule has 5 heteroatoms. The number of hydrogen-bond acceptors (Lipinski definition) is 2. The molecule has 1 unspecified atom stereocenters. The summed E-state index contributed by atoms with van der Waals surface area (Å²) in [5.41, 5.74) is 1.45. The predicted molar refractivity (Wildman–Crippen MR) is 78.8 cm³/mol. The van der Waals surface area contributed by atoms with Crippen LogP contribution < -0.4 is 10.7 Å². The highest BCUT2D eigenvalue weighted by atomic mass is 79.9. The second kappa shape index (κ2) is 5.84. The van der Waals surface area contributed by atoms with Gasteiger partial charge in [0.2, 0.25) is 0 Å². The summed E-state index contributed by atoms with van der Waals surface area (Å²) in [5.74, 6) is -0.414. The Hall–Kier alpha value is -1.88. The van der Waals surface area contributed by atoms with E-state index in [1.54, 1.807) is 0 Å². The van der Waals surface area contributed by atoms with Crippen LogP contribution in [0.5, 0.6) is 0 Å². The molecule has 0 fully saturated rings. The molecule has 0 aliphatic heterocycles. The van der Waals surface area contributed by atoms with E-state index < -0.39 is 5.91 Å². The number of carbonyl (C=O) groups is 1. The predicted octanol–water partition coefficient (Wildman–Crippen LogP) is 3.08. The van der Waals surface area contributed by atoms with Crippen LogP contribution in [-0.2, 0) is 0 Å². The Morgan fingerprint density at radius 2 is 2.05 bits per heavy atom. The maximum absolute atomic E-state index is 12.1. The number of rotatable bonds is 3. The molecule has 1 aromatic carbocycles. The molecule has 2 rings (SSSR count). The molecule has 0 spiro atoms. The lowest BCUT2D eigenvalue weighted by Crippen LogP contribution is -2.21. The van der Waals surface area contributed by atoms with Gasteiger partial charge in [0, 0.05) is 29.0 Å². The first-order chi connectivity index (χ1) is 9.09. The van der Waals surface area contributed by atoms with E-state index in [9.17, 15) is 9.59 Å². The summed E-state index contributed by atoms with van der Waals surface area (Å²) in [6.07, 6.45) is 2.89. The van der Waals surface area contributed by atoms with Crippen LogP contribution in [0.4, 0.5) is 5.69 Å². The molecule has 1 amide bonds. The number of carbonyl (C=O) groups excluding carboxylic acids is 1. The number of pyridine rings is 1. The fourth-order valence-electron chi connectivity index (χ4n) is 1.74. The Labute approximate surface area is 119 Å². The van der Waals surface area contributed by atoms with Crippen molar-refractivity contribution in [2.45, 2.75) is 11.8 Å². The van der Waals surface area contributed by atoms with Gasteiger partial charge < -0.3 is 10.3 Å². The summed E-state index contributed by atoms with van der Waals surface area (Å²) in [6.45, 7) is 1.97. The second-order valence-corrected chi connectivity index (χ2v) is 5.45. The molecule has 98 valence electrons. The average Bonchev–Trinajstić information content (AvgIpc) is 2.39. The van der Waals surface area contributed by atoms with Crippen molar-refractivity contribution in [1.82, 2.24) is 4.98 Å². The first-order valence-corrected chi connectivity index (χ1v) is 6.72. The van der Waals surface area contributed by atoms with Crippen LogP contribution in [0.25, 0.3) is 0 Å². The van der Waals surface area contributed by atoms with Crippen LogP contribution >= 0.6 is 15.9 Å². The molecule has 0 bridgehead atoms. The molecular formula is C14H13BrN2O2. The summed E-state index contributed by atoms with van der Waals surface area (Å²) < 4.78 is 0. The minimum atomic E-state index is -0.414. The van der Waals surface area contributed by atoms with Crippen LogP contribution in [0, 0.1) is 0 Å². The van der Waals surface area contributed by atoms with Crippen molar-refractivity contribution in [3.8, 4) is 0 Å². The molecule has 4 nitrogen and oxygen atoms in total. The SMILES string of the molecule is CC(Br)c1ccccc1NC(=O)c1c[nH]ccc1=O. The highest BCUT2D eigenvalue weighted by Crippen LogP contribution is 2.28. The van der Waals surface area contributed by atoms with Gasteiger partial charge in [-0.1, -0.05) is 34.1 Å². The fourth-order valence-corrected chi connectivity index (χ4v) is 2.14. The third kappa shape index (κ3) is 3.12. The van der Waals surface area contributed by atoms with Gasteiger partial charge in [0.15, 0.2) is 5.43 Å².